The molecule has 1 aliphatic heterocycles. The Kier molecular flexibility index (Phi) is 6.27. The normalized spacial score (nSPS) is 25.8. The fraction of sp³-hybridized carbons (Fsp3) is 0.640. The minimum atomic E-state index is -0.358. The number of fused-ring (bicyclic) bond motifs is 1. The van der Waals surface area contributed by atoms with Crippen molar-refractivity contribution in [2.24, 2.45) is 5.92 Å². The van der Waals surface area contributed by atoms with Crippen molar-refractivity contribution in [1.29, 1.82) is 0 Å². The average Bonchev–Trinajstić information content (AvgIpc) is 3.45. The minimum Gasteiger partial charge on any atom is -0.381 e. The molecule has 0 radical (unpaired) electrons. The van der Waals surface area contributed by atoms with Crippen LogP contribution in [-0.4, -0.2) is 38.9 Å². The number of nitrogens with zero attached hydrogens (tertiary/aromatic N) is 3. The van der Waals surface area contributed by atoms with Crippen LogP contribution in [0.15, 0.2) is 18.5 Å². The molecule has 1 spiro atoms. The van der Waals surface area contributed by atoms with E-state index in [0.29, 0.717) is 12.6 Å². The van der Waals surface area contributed by atoms with Gasteiger partial charge in [-0.1, -0.05) is 19.3 Å². The first-order valence-corrected chi connectivity index (χ1v) is 12.7. The highest BCUT2D eigenvalue weighted by Gasteiger charge is 2.41. The zero-order chi connectivity index (χ0) is 22.8. The number of carbonyl (C=O) groups is 1. The molecule has 3 N–H and O–H groups in total. The molecule has 2 aromatic rings. The number of hydrogen-bond donors (Lipinski definition) is 3. The summed E-state index contributed by atoms with van der Waals surface area (Å²) in [7, 11) is 0. The molecule has 2 aromatic heterocycles. The molecule has 2 saturated carbocycles. The summed E-state index contributed by atoms with van der Waals surface area (Å²) in [6, 6.07) is 0.470. The number of pyridine rings is 1. The van der Waals surface area contributed by atoms with E-state index in [1.54, 1.807) is 0 Å². The number of rotatable bonds is 6. The monoisotopic (exact) mass is 452 g/mol. The molecule has 0 bridgehead atoms. The lowest BCUT2D eigenvalue weighted by Crippen LogP contribution is -2.39. The van der Waals surface area contributed by atoms with Crippen molar-refractivity contribution in [3.05, 3.63) is 24.0 Å². The zero-order valence-corrected chi connectivity index (χ0v) is 19.8. The molecule has 0 unspecified atom stereocenters. The third kappa shape index (κ3) is 4.33. The van der Waals surface area contributed by atoms with Gasteiger partial charge in [-0.05, 0) is 58.4 Å². The second kappa shape index (κ2) is 9.33. The number of amides is 1. The molecule has 33 heavy (non-hydrogen) atoms. The maximum absolute atomic E-state index is 12.3. The SMILES string of the molecule is CCNC(=O)C1CCC2(C=C(c3cnc4c(cnn4CC)c3NC3CCCCC3)NO2)CC1. The fourth-order valence-corrected chi connectivity index (χ4v) is 5.61. The maximum Gasteiger partial charge on any atom is 0.223 e. The van der Waals surface area contributed by atoms with Gasteiger partial charge in [-0.25, -0.2) is 9.67 Å². The second-order valence-electron chi connectivity index (χ2n) is 9.72. The Hall–Kier alpha value is -2.61. The van der Waals surface area contributed by atoms with Crippen LogP contribution in [-0.2, 0) is 16.2 Å². The van der Waals surface area contributed by atoms with Crippen molar-refractivity contribution in [3.63, 3.8) is 0 Å². The standard InChI is InChI=1S/C25H36N6O2/c1-3-26-24(32)17-10-12-25(13-11-17)14-21(30-33-25)19-15-27-23-20(16-28-31(23)4-2)22(19)29-18-8-6-5-7-9-18/h14-18,30H,3-13H2,1-2H3,(H,26,32)(H,27,29). The molecule has 0 saturated heterocycles. The summed E-state index contributed by atoms with van der Waals surface area (Å²) in [5, 5.41) is 12.4. The Labute approximate surface area is 195 Å². The van der Waals surface area contributed by atoms with Crippen LogP contribution in [0, 0.1) is 5.92 Å². The van der Waals surface area contributed by atoms with Crippen molar-refractivity contribution in [3.8, 4) is 0 Å². The molecule has 178 valence electrons. The van der Waals surface area contributed by atoms with Gasteiger partial charge in [0, 0.05) is 36.8 Å². The maximum atomic E-state index is 12.3. The van der Waals surface area contributed by atoms with E-state index in [1.807, 2.05) is 24.0 Å². The van der Waals surface area contributed by atoms with Crippen LogP contribution < -0.4 is 16.1 Å². The first-order valence-electron chi connectivity index (χ1n) is 12.7. The van der Waals surface area contributed by atoms with Gasteiger partial charge in [-0.2, -0.15) is 5.10 Å². The molecule has 5 rings (SSSR count). The van der Waals surface area contributed by atoms with E-state index in [9.17, 15) is 4.79 Å². The Morgan fingerprint density at radius 2 is 1.97 bits per heavy atom. The van der Waals surface area contributed by atoms with Crippen molar-refractivity contribution in [2.75, 3.05) is 11.9 Å². The first-order chi connectivity index (χ1) is 16.1. The van der Waals surface area contributed by atoms with Gasteiger partial charge in [0.25, 0.3) is 0 Å². The third-order valence-corrected chi connectivity index (χ3v) is 7.53. The van der Waals surface area contributed by atoms with Crippen molar-refractivity contribution >= 4 is 28.3 Å². The number of aromatic nitrogens is 3. The van der Waals surface area contributed by atoms with Crippen LogP contribution in [0.4, 0.5) is 5.69 Å². The van der Waals surface area contributed by atoms with Gasteiger partial charge < -0.3 is 10.6 Å². The molecule has 3 aliphatic rings. The summed E-state index contributed by atoms with van der Waals surface area (Å²) >= 11 is 0. The van der Waals surface area contributed by atoms with Gasteiger partial charge in [0.15, 0.2) is 5.65 Å². The molecular formula is C25H36N6O2. The fourth-order valence-electron chi connectivity index (χ4n) is 5.61. The Morgan fingerprint density at radius 1 is 1.18 bits per heavy atom. The summed E-state index contributed by atoms with van der Waals surface area (Å²) in [4.78, 5) is 23.2. The molecule has 0 aromatic carbocycles. The highest BCUT2D eigenvalue weighted by Crippen LogP contribution is 2.42. The predicted molar refractivity (Wildman–Crippen MR) is 129 cm³/mol. The van der Waals surface area contributed by atoms with E-state index < -0.39 is 0 Å². The van der Waals surface area contributed by atoms with Gasteiger partial charge in [-0.15, -0.1) is 0 Å². The van der Waals surface area contributed by atoms with E-state index in [1.165, 1.54) is 32.1 Å². The van der Waals surface area contributed by atoms with Gasteiger partial charge in [0.05, 0.1) is 23.0 Å². The minimum absolute atomic E-state index is 0.0815. The summed E-state index contributed by atoms with van der Waals surface area (Å²) in [6.07, 6.45) is 15.7. The molecular weight excluding hydrogens is 416 g/mol. The van der Waals surface area contributed by atoms with E-state index >= 15 is 0 Å². The van der Waals surface area contributed by atoms with Crippen LogP contribution in [0.1, 0.15) is 77.2 Å². The van der Waals surface area contributed by atoms with Gasteiger partial charge in [0.2, 0.25) is 5.91 Å². The van der Waals surface area contributed by atoms with Crippen molar-refractivity contribution in [2.45, 2.75) is 89.8 Å². The van der Waals surface area contributed by atoms with E-state index in [4.69, 9.17) is 9.82 Å². The molecule has 0 atom stereocenters. The zero-order valence-electron chi connectivity index (χ0n) is 19.8. The second-order valence-corrected chi connectivity index (χ2v) is 9.72. The van der Waals surface area contributed by atoms with E-state index in [0.717, 1.165) is 60.2 Å². The van der Waals surface area contributed by atoms with Gasteiger partial charge in [0.1, 0.15) is 5.60 Å². The summed E-state index contributed by atoms with van der Waals surface area (Å²) in [6.45, 7) is 5.53. The lowest BCUT2D eigenvalue weighted by molar-refractivity contribution is -0.128. The molecule has 2 aliphatic carbocycles. The third-order valence-electron chi connectivity index (χ3n) is 7.53. The van der Waals surface area contributed by atoms with Crippen LogP contribution in [0.25, 0.3) is 16.7 Å². The predicted octanol–water partition coefficient (Wildman–Crippen LogP) is 4.14. The van der Waals surface area contributed by atoms with Crippen LogP contribution in [0.3, 0.4) is 0 Å². The van der Waals surface area contributed by atoms with Crippen LogP contribution in [0.2, 0.25) is 0 Å². The average molecular weight is 453 g/mol. The number of anilines is 1. The lowest BCUT2D eigenvalue weighted by atomic mass is 9.78. The number of nitrogens with one attached hydrogen (secondary N) is 3. The van der Waals surface area contributed by atoms with Gasteiger partial charge >= 0.3 is 0 Å². The highest BCUT2D eigenvalue weighted by molar-refractivity contribution is 5.95. The number of hydrogen-bond acceptors (Lipinski definition) is 6. The summed E-state index contributed by atoms with van der Waals surface area (Å²) in [5.74, 6) is 0.252. The van der Waals surface area contributed by atoms with Gasteiger partial charge in [-0.3, -0.25) is 15.1 Å². The van der Waals surface area contributed by atoms with Crippen molar-refractivity contribution in [1.82, 2.24) is 25.6 Å². The smallest absolute Gasteiger partial charge is 0.223 e. The van der Waals surface area contributed by atoms with E-state index in [2.05, 4.69) is 34.2 Å². The van der Waals surface area contributed by atoms with E-state index in [-0.39, 0.29) is 17.4 Å². The van der Waals surface area contributed by atoms with Crippen molar-refractivity contribution < 1.29 is 9.63 Å². The molecule has 8 heteroatoms. The summed E-state index contributed by atoms with van der Waals surface area (Å²) < 4.78 is 1.95. The number of aryl methyl sites for hydroxylation is 1. The van der Waals surface area contributed by atoms with Crippen LogP contribution in [0.5, 0.6) is 0 Å². The number of carbonyl (C=O) groups excluding carboxylic acids is 1. The molecule has 3 heterocycles. The molecule has 8 nitrogen and oxygen atoms in total. The molecule has 2 fully saturated rings. The first kappa shape index (κ1) is 22.2. The Balaban J connectivity index is 1.43. The quantitative estimate of drug-likeness (QED) is 0.610. The Bertz CT molecular complexity index is 1030. The Morgan fingerprint density at radius 3 is 2.70 bits per heavy atom. The topological polar surface area (TPSA) is 93.1 Å². The number of hydroxylamine groups is 1. The summed E-state index contributed by atoms with van der Waals surface area (Å²) in [5.41, 5.74) is 6.87. The highest BCUT2D eigenvalue weighted by atomic mass is 16.7. The molecule has 1 amide bonds. The largest absolute Gasteiger partial charge is 0.381 e. The lowest BCUT2D eigenvalue weighted by Gasteiger charge is -2.33. The van der Waals surface area contributed by atoms with Crippen LogP contribution >= 0.6 is 0 Å².